The summed E-state index contributed by atoms with van der Waals surface area (Å²) in [6.07, 6.45) is 2.32. The first-order chi connectivity index (χ1) is 14.8. The maximum absolute atomic E-state index is 6.14. The van der Waals surface area contributed by atoms with Crippen molar-refractivity contribution in [2.45, 2.75) is 39.4 Å². The Bertz CT molecular complexity index is 1070. The van der Waals surface area contributed by atoms with E-state index in [9.17, 15) is 0 Å². The van der Waals surface area contributed by atoms with Crippen LogP contribution in [0.2, 0.25) is 0 Å². The molecule has 0 saturated carbocycles. The van der Waals surface area contributed by atoms with Gasteiger partial charge < -0.3 is 13.9 Å². The predicted octanol–water partition coefficient (Wildman–Crippen LogP) is 5.30. The molecule has 0 amide bonds. The summed E-state index contributed by atoms with van der Waals surface area (Å²) in [7, 11) is 1.69. The van der Waals surface area contributed by atoms with E-state index in [2.05, 4.69) is 30.1 Å². The Hall–Kier alpha value is -3.18. The van der Waals surface area contributed by atoms with E-state index in [0.717, 1.165) is 46.7 Å². The molecule has 154 valence electrons. The van der Waals surface area contributed by atoms with Crippen molar-refractivity contribution in [3.8, 4) is 5.88 Å². The molecule has 0 spiro atoms. The molecule has 2 aromatic heterocycles. The molecule has 30 heavy (non-hydrogen) atoms. The van der Waals surface area contributed by atoms with Crippen molar-refractivity contribution in [3.63, 3.8) is 0 Å². The Labute approximate surface area is 176 Å². The number of hydrogen-bond acceptors (Lipinski definition) is 5. The minimum atomic E-state index is 0.469. The molecular weight excluding hydrogens is 376 g/mol. The number of oxazole rings is 1. The summed E-state index contributed by atoms with van der Waals surface area (Å²) in [5, 5.41) is 0. The summed E-state index contributed by atoms with van der Waals surface area (Å²) in [5.74, 6) is 1.38. The molecule has 5 nitrogen and oxygen atoms in total. The van der Waals surface area contributed by atoms with Crippen LogP contribution in [0.15, 0.2) is 65.1 Å². The number of methoxy groups -OCH3 is 1. The number of aromatic nitrogens is 2. The molecule has 0 aliphatic carbocycles. The number of fused-ring (bicyclic) bond motifs is 1. The molecule has 0 aliphatic heterocycles. The minimum absolute atomic E-state index is 0.469. The van der Waals surface area contributed by atoms with E-state index in [1.54, 1.807) is 7.11 Å². The quantitative estimate of drug-likeness (QED) is 0.380. The van der Waals surface area contributed by atoms with Crippen LogP contribution in [0, 0.1) is 0 Å². The average molecular weight is 402 g/mol. The number of hydrogen-bond donors (Lipinski definition) is 0. The van der Waals surface area contributed by atoms with E-state index in [4.69, 9.17) is 18.9 Å². The zero-order valence-corrected chi connectivity index (χ0v) is 17.4. The van der Waals surface area contributed by atoms with Crippen LogP contribution in [0.25, 0.3) is 11.1 Å². The highest BCUT2D eigenvalue weighted by molar-refractivity contribution is 5.72. The molecule has 0 radical (unpaired) electrons. The third-order valence-electron chi connectivity index (χ3n) is 5.06. The van der Waals surface area contributed by atoms with Crippen LogP contribution in [0.5, 0.6) is 5.88 Å². The molecule has 2 aromatic carbocycles. The Kier molecular flexibility index (Phi) is 6.40. The van der Waals surface area contributed by atoms with E-state index < -0.39 is 0 Å². The van der Waals surface area contributed by atoms with Crippen LogP contribution < -0.4 is 4.74 Å². The van der Waals surface area contributed by atoms with Gasteiger partial charge in [-0.1, -0.05) is 49.4 Å². The first-order valence-corrected chi connectivity index (χ1v) is 10.3. The molecule has 5 heteroatoms. The largest absolute Gasteiger partial charge is 0.473 e. The zero-order valence-electron chi connectivity index (χ0n) is 17.4. The van der Waals surface area contributed by atoms with E-state index in [-0.39, 0.29) is 0 Å². The molecule has 0 atom stereocenters. The monoisotopic (exact) mass is 402 g/mol. The fourth-order valence-corrected chi connectivity index (χ4v) is 3.49. The molecule has 0 aliphatic rings. The van der Waals surface area contributed by atoms with E-state index in [0.29, 0.717) is 25.5 Å². The lowest BCUT2D eigenvalue weighted by molar-refractivity contribution is 0.179. The number of nitrogens with zero attached hydrogens (tertiary/aromatic N) is 2. The van der Waals surface area contributed by atoms with Crippen LogP contribution in [0.1, 0.15) is 35.2 Å². The number of pyridine rings is 1. The summed E-state index contributed by atoms with van der Waals surface area (Å²) in [5.41, 5.74) is 5.97. The second-order valence-electron chi connectivity index (χ2n) is 7.19. The van der Waals surface area contributed by atoms with E-state index in [1.807, 2.05) is 42.5 Å². The van der Waals surface area contributed by atoms with Gasteiger partial charge in [0.2, 0.25) is 5.88 Å². The Morgan fingerprint density at radius 2 is 1.67 bits per heavy atom. The van der Waals surface area contributed by atoms with Gasteiger partial charge >= 0.3 is 0 Å². The minimum Gasteiger partial charge on any atom is -0.473 e. The van der Waals surface area contributed by atoms with Gasteiger partial charge in [0.15, 0.2) is 11.5 Å². The summed E-state index contributed by atoms with van der Waals surface area (Å²) in [6.45, 7) is 3.07. The molecule has 0 bridgehead atoms. The summed E-state index contributed by atoms with van der Waals surface area (Å²) in [6, 6.07) is 20.1. The number of rotatable bonds is 9. The molecule has 2 heterocycles. The van der Waals surface area contributed by atoms with Crippen molar-refractivity contribution in [1.82, 2.24) is 9.97 Å². The zero-order chi connectivity index (χ0) is 20.8. The Balaban J connectivity index is 1.58. The van der Waals surface area contributed by atoms with Crippen LogP contribution in [-0.4, -0.2) is 17.1 Å². The molecule has 0 N–H and O–H groups in total. The lowest BCUT2D eigenvalue weighted by Crippen LogP contribution is -2.08. The molecular formula is C25H26N2O3. The van der Waals surface area contributed by atoms with Gasteiger partial charge in [-0.2, -0.15) is 0 Å². The average Bonchev–Trinajstić information content (AvgIpc) is 3.21. The lowest BCUT2D eigenvalue weighted by atomic mass is 10.0. The number of benzene rings is 2. The number of ether oxygens (including phenoxy) is 2. The summed E-state index contributed by atoms with van der Waals surface area (Å²) in [4.78, 5) is 9.40. The number of aryl methyl sites for hydroxylation is 3. The highest BCUT2D eigenvalue weighted by Gasteiger charge is 2.14. The van der Waals surface area contributed by atoms with Crippen molar-refractivity contribution >= 4 is 11.1 Å². The van der Waals surface area contributed by atoms with Gasteiger partial charge in [0, 0.05) is 19.1 Å². The topological polar surface area (TPSA) is 57.4 Å². The molecule has 4 rings (SSSR count). The molecule has 0 unspecified atom stereocenters. The third-order valence-corrected chi connectivity index (χ3v) is 5.06. The molecule has 0 fully saturated rings. The van der Waals surface area contributed by atoms with E-state index in [1.165, 1.54) is 5.56 Å². The Morgan fingerprint density at radius 1 is 0.867 bits per heavy atom. The van der Waals surface area contributed by atoms with Crippen molar-refractivity contribution in [2.75, 3.05) is 7.11 Å². The summed E-state index contributed by atoms with van der Waals surface area (Å²) >= 11 is 0. The van der Waals surface area contributed by atoms with Crippen LogP contribution in [0.3, 0.4) is 0 Å². The summed E-state index contributed by atoms with van der Waals surface area (Å²) < 4.78 is 17.4. The van der Waals surface area contributed by atoms with Crippen LogP contribution in [-0.2, 0) is 37.2 Å². The second kappa shape index (κ2) is 9.55. The Morgan fingerprint density at radius 3 is 2.43 bits per heavy atom. The van der Waals surface area contributed by atoms with Crippen LogP contribution >= 0.6 is 0 Å². The first kappa shape index (κ1) is 20.1. The SMILES string of the molecule is CCc1cc(CCc2nc3ccccc3o2)c(OCc2ccccc2)nc1COC. The third kappa shape index (κ3) is 4.69. The van der Waals surface area contributed by atoms with Crippen molar-refractivity contribution in [2.24, 2.45) is 0 Å². The lowest BCUT2D eigenvalue weighted by Gasteiger charge is -2.15. The molecule has 4 aromatic rings. The van der Waals surface area contributed by atoms with Gasteiger partial charge in [-0.15, -0.1) is 0 Å². The smallest absolute Gasteiger partial charge is 0.217 e. The highest BCUT2D eigenvalue weighted by Crippen LogP contribution is 2.25. The van der Waals surface area contributed by atoms with Gasteiger partial charge in [0.05, 0.1) is 12.3 Å². The van der Waals surface area contributed by atoms with Crippen LogP contribution in [0.4, 0.5) is 0 Å². The maximum Gasteiger partial charge on any atom is 0.217 e. The number of para-hydroxylation sites is 2. The predicted molar refractivity (Wildman–Crippen MR) is 117 cm³/mol. The normalized spacial score (nSPS) is 11.1. The van der Waals surface area contributed by atoms with Gasteiger partial charge in [-0.25, -0.2) is 9.97 Å². The van der Waals surface area contributed by atoms with Crippen molar-refractivity contribution in [3.05, 3.63) is 88.9 Å². The molecule has 0 saturated heterocycles. The fourth-order valence-electron chi connectivity index (χ4n) is 3.49. The van der Waals surface area contributed by atoms with Gasteiger partial charge in [0.1, 0.15) is 12.1 Å². The van der Waals surface area contributed by atoms with Crippen molar-refractivity contribution < 1.29 is 13.9 Å². The van der Waals surface area contributed by atoms with Gasteiger partial charge in [-0.3, -0.25) is 0 Å². The maximum atomic E-state index is 6.14. The highest BCUT2D eigenvalue weighted by atomic mass is 16.5. The van der Waals surface area contributed by atoms with Gasteiger partial charge in [0.25, 0.3) is 0 Å². The first-order valence-electron chi connectivity index (χ1n) is 10.3. The van der Waals surface area contributed by atoms with E-state index >= 15 is 0 Å². The van der Waals surface area contributed by atoms with Crippen molar-refractivity contribution in [1.29, 1.82) is 0 Å². The second-order valence-corrected chi connectivity index (χ2v) is 7.19. The standard InChI is InChI=1S/C25H26N2O3/c1-3-19-15-20(13-14-24-26-21-11-7-8-12-23(21)30-24)25(27-22(19)17-28-2)29-16-18-9-5-4-6-10-18/h4-12,15H,3,13-14,16-17H2,1-2H3. The fraction of sp³-hybridized carbons (Fsp3) is 0.280. The van der Waals surface area contributed by atoms with Gasteiger partial charge in [-0.05, 0) is 42.2 Å².